The first kappa shape index (κ1) is 38.2. The fourth-order valence-electron chi connectivity index (χ4n) is 6.42. The van der Waals surface area contributed by atoms with Crippen LogP contribution in [0, 0.1) is 11.3 Å². The molecule has 3 unspecified atom stereocenters. The molecule has 12 heteroatoms. The Kier molecular flexibility index (Phi) is 13.5. The molecule has 1 saturated heterocycles. The molecule has 11 nitrogen and oxygen atoms in total. The minimum atomic E-state index is -1.90. The molecule has 4 rings (SSSR count). The zero-order valence-corrected chi connectivity index (χ0v) is 29.9. The normalized spacial score (nSPS) is 20.6. The van der Waals surface area contributed by atoms with Gasteiger partial charge in [0.25, 0.3) is 8.53 Å². The molecule has 3 aromatic rings. The molecular weight excluding hydrogens is 647 g/mol. The summed E-state index contributed by atoms with van der Waals surface area (Å²) in [5.74, 6) is 0.595. The van der Waals surface area contributed by atoms with Crippen LogP contribution in [0.25, 0.3) is 0 Å². The maximum Gasteiger partial charge on any atom is 0.303 e. The number of nitrogens with zero attached hydrogens (tertiary/aromatic N) is 2. The van der Waals surface area contributed by atoms with Crippen molar-refractivity contribution in [3.8, 4) is 17.6 Å². The Morgan fingerprint density at radius 1 is 0.898 bits per heavy atom. The maximum absolute atomic E-state index is 13.0. The van der Waals surface area contributed by atoms with Crippen molar-refractivity contribution >= 4 is 14.5 Å². The summed E-state index contributed by atoms with van der Waals surface area (Å²) >= 11 is 0. The van der Waals surface area contributed by atoms with Gasteiger partial charge in [-0.2, -0.15) is 5.26 Å². The molecule has 0 saturated carbocycles. The molecule has 1 aliphatic heterocycles. The van der Waals surface area contributed by atoms with Crippen molar-refractivity contribution in [3.05, 3.63) is 95.6 Å². The molecule has 2 N–H and O–H groups in total. The van der Waals surface area contributed by atoms with Crippen LogP contribution >= 0.6 is 8.53 Å². The van der Waals surface area contributed by atoms with Crippen LogP contribution in [0.4, 0.5) is 0 Å². The summed E-state index contributed by atoms with van der Waals surface area (Å²) in [6.45, 7) is 9.31. The summed E-state index contributed by atoms with van der Waals surface area (Å²) in [7, 11) is 1.26. The van der Waals surface area contributed by atoms with Crippen LogP contribution in [-0.2, 0) is 28.7 Å². The van der Waals surface area contributed by atoms with Gasteiger partial charge in [-0.3, -0.25) is 4.79 Å². The lowest BCUT2D eigenvalue weighted by Crippen LogP contribution is -2.53. The second-order valence-corrected chi connectivity index (χ2v) is 13.7. The van der Waals surface area contributed by atoms with Gasteiger partial charge in [-0.15, -0.1) is 0 Å². The number of benzene rings is 3. The van der Waals surface area contributed by atoms with Crippen LogP contribution in [0.1, 0.15) is 57.7 Å². The summed E-state index contributed by atoms with van der Waals surface area (Å²) in [4.78, 5) is 12.4. The summed E-state index contributed by atoms with van der Waals surface area (Å²) in [6.07, 6.45) is -6.70. The van der Waals surface area contributed by atoms with Gasteiger partial charge in [0.15, 0.2) is 12.4 Å². The van der Waals surface area contributed by atoms with Gasteiger partial charge < -0.3 is 38.2 Å². The van der Waals surface area contributed by atoms with Gasteiger partial charge >= 0.3 is 5.97 Å². The first-order chi connectivity index (χ1) is 23.5. The van der Waals surface area contributed by atoms with E-state index < -0.39 is 50.6 Å². The van der Waals surface area contributed by atoms with Crippen molar-refractivity contribution in [1.29, 1.82) is 5.26 Å². The fraction of sp³-hybridized carbons (Fsp3) is 0.459. The average molecular weight is 695 g/mol. The molecule has 0 aromatic heterocycles. The van der Waals surface area contributed by atoms with E-state index >= 15 is 0 Å². The first-order valence-corrected chi connectivity index (χ1v) is 17.4. The zero-order valence-electron chi connectivity index (χ0n) is 29.1. The number of ether oxygens (including phenoxy) is 4. The number of carbonyl (C=O) groups is 1. The Balaban J connectivity index is 1.96. The third kappa shape index (κ3) is 8.42. The summed E-state index contributed by atoms with van der Waals surface area (Å²) in [6, 6.07) is 26.3. The predicted octanol–water partition coefficient (Wildman–Crippen LogP) is 5.71. The second kappa shape index (κ2) is 17.4. The number of aliphatic hydroxyl groups is 2. The number of aliphatic hydroxyl groups excluding tert-OH is 2. The van der Waals surface area contributed by atoms with Gasteiger partial charge in [0.1, 0.15) is 29.8 Å². The van der Waals surface area contributed by atoms with Crippen LogP contribution in [0.15, 0.2) is 78.9 Å². The minimum Gasteiger partial charge on any atom is -0.497 e. The minimum absolute atomic E-state index is 0.0435. The highest BCUT2D eigenvalue weighted by molar-refractivity contribution is 7.44. The van der Waals surface area contributed by atoms with Crippen molar-refractivity contribution in [2.24, 2.45) is 0 Å². The molecule has 0 aliphatic carbocycles. The lowest BCUT2D eigenvalue weighted by Gasteiger charge is -2.44. The smallest absolute Gasteiger partial charge is 0.303 e. The van der Waals surface area contributed by atoms with E-state index in [4.69, 9.17) is 28.0 Å². The third-order valence-corrected chi connectivity index (χ3v) is 10.6. The van der Waals surface area contributed by atoms with Crippen molar-refractivity contribution in [1.82, 2.24) is 4.67 Å². The molecule has 264 valence electrons. The standard InChI is InChI=1S/C37H47N2O9P/c1-24(2)39(25(3)4)49(45-23-11-22-38)48-32-33(47-36(42)34(32)46-26(5)40)35(41)37(27-12-9-8-10-13-27,28-14-18-30(43-6)19-15-28)29-16-20-31(44-7)21-17-29/h8-10,12-21,24-25,32-36,41-42H,11,23H2,1-7H3/t32-,33+,34+,35?,36?,49?/m1/s1. The van der Waals surface area contributed by atoms with Crippen LogP contribution < -0.4 is 9.47 Å². The topological polar surface area (TPSA) is 140 Å². The van der Waals surface area contributed by atoms with Crippen LogP contribution in [0.5, 0.6) is 11.5 Å². The van der Waals surface area contributed by atoms with Crippen molar-refractivity contribution in [2.45, 2.75) is 89.2 Å². The Bertz CT molecular complexity index is 1460. The number of esters is 1. The van der Waals surface area contributed by atoms with Crippen LogP contribution in [-0.4, -0.2) is 84.5 Å². The monoisotopic (exact) mass is 694 g/mol. The van der Waals surface area contributed by atoms with E-state index in [1.165, 1.54) is 6.92 Å². The van der Waals surface area contributed by atoms with Crippen LogP contribution in [0.3, 0.4) is 0 Å². The number of nitriles is 1. The molecule has 0 radical (unpaired) electrons. The van der Waals surface area contributed by atoms with Crippen molar-refractivity contribution < 1.29 is 43.0 Å². The van der Waals surface area contributed by atoms with Gasteiger partial charge in [0, 0.05) is 19.0 Å². The van der Waals surface area contributed by atoms with Crippen molar-refractivity contribution in [3.63, 3.8) is 0 Å². The highest BCUT2D eigenvalue weighted by Gasteiger charge is 2.58. The molecule has 3 aromatic carbocycles. The van der Waals surface area contributed by atoms with Gasteiger partial charge in [0.2, 0.25) is 0 Å². The number of methoxy groups -OCH3 is 2. The molecule has 49 heavy (non-hydrogen) atoms. The second-order valence-electron chi connectivity index (χ2n) is 12.3. The summed E-state index contributed by atoms with van der Waals surface area (Å²) in [5, 5.41) is 33.6. The molecule has 1 heterocycles. The van der Waals surface area contributed by atoms with E-state index in [0.717, 1.165) is 5.56 Å². The van der Waals surface area contributed by atoms with E-state index in [1.54, 1.807) is 14.2 Å². The largest absolute Gasteiger partial charge is 0.497 e. The van der Waals surface area contributed by atoms with Gasteiger partial charge in [-0.1, -0.05) is 54.6 Å². The Hall–Kier alpha value is -3.59. The Morgan fingerprint density at radius 2 is 1.41 bits per heavy atom. The van der Waals surface area contributed by atoms with E-state index in [0.29, 0.717) is 22.6 Å². The molecule has 1 aliphatic rings. The third-order valence-electron chi connectivity index (χ3n) is 8.48. The van der Waals surface area contributed by atoms with Crippen LogP contribution in [0.2, 0.25) is 0 Å². The molecule has 0 spiro atoms. The molecule has 6 atom stereocenters. The van der Waals surface area contributed by atoms with E-state index in [1.807, 2.05) is 111 Å². The fourth-order valence-corrected chi connectivity index (χ4v) is 8.17. The molecular formula is C37H47N2O9P. The van der Waals surface area contributed by atoms with Crippen molar-refractivity contribution in [2.75, 3.05) is 20.8 Å². The van der Waals surface area contributed by atoms with Gasteiger partial charge in [-0.05, 0) is 68.7 Å². The van der Waals surface area contributed by atoms with Gasteiger partial charge in [-0.25, -0.2) is 4.67 Å². The molecule has 0 bridgehead atoms. The predicted molar refractivity (Wildman–Crippen MR) is 185 cm³/mol. The summed E-state index contributed by atoms with van der Waals surface area (Å²) in [5.41, 5.74) is 0.799. The quantitative estimate of drug-likeness (QED) is 0.0825. The van der Waals surface area contributed by atoms with E-state index in [2.05, 4.69) is 6.07 Å². The Morgan fingerprint density at radius 3 is 1.86 bits per heavy atom. The summed E-state index contributed by atoms with van der Waals surface area (Å²) < 4.78 is 37.7. The number of carbonyl (C=O) groups excluding carboxylic acids is 1. The SMILES string of the molecule is COc1ccc(C(c2ccccc2)(c2ccc(OC)cc2)C(O)[C@H]2OC(O)[C@@H](OC(C)=O)[C@@H]2OP(OCCC#N)N(C(C)C)C(C)C)cc1. The van der Waals surface area contributed by atoms with Gasteiger partial charge in [0.05, 0.1) is 38.7 Å². The number of hydrogen-bond acceptors (Lipinski definition) is 11. The molecule has 0 amide bonds. The highest BCUT2D eigenvalue weighted by Crippen LogP contribution is 2.52. The first-order valence-electron chi connectivity index (χ1n) is 16.3. The highest BCUT2D eigenvalue weighted by atomic mass is 31.2. The number of rotatable bonds is 16. The zero-order chi connectivity index (χ0) is 35.7. The van der Waals surface area contributed by atoms with E-state index in [-0.39, 0.29) is 25.1 Å². The van der Waals surface area contributed by atoms with E-state index in [9.17, 15) is 20.3 Å². The maximum atomic E-state index is 13.0. The average Bonchev–Trinajstić information content (AvgIpc) is 3.39. The lowest BCUT2D eigenvalue weighted by molar-refractivity contribution is -0.174. The Labute approximate surface area is 290 Å². The number of hydrogen-bond donors (Lipinski definition) is 2. The molecule has 1 fully saturated rings. The lowest BCUT2D eigenvalue weighted by atomic mass is 9.64.